The number of aryl methyl sites for hydroxylation is 1. The number of para-hydroxylation sites is 1. The molecule has 1 fully saturated rings. The molecule has 1 aromatic heterocycles. The molecule has 1 unspecified atom stereocenters. The summed E-state index contributed by atoms with van der Waals surface area (Å²) in [6.07, 6.45) is 6.91. The van der Waals surface area contributed by atoms with Crippen LogP contribution in [0, 0.1) is 0 Å². The topological polar surface area (TPSA) is 54.9 Å². The number of amides is 1. The van der Waals surface area contributed by atoms with E-state index in [9.17, 15) is 4.79 Å². The number of hydrogen-bond donors (Lipinski definition) is 0. The fourth-order valence-corrected chi connectivity index (χ4v) is 6.69. The van der Waals surface area contributed by atoms with Crippen molar-refractivity contribution in [2.24, 2.45) is 0 Å². The van der Waals surface area contributed by atoms with Crippen LogP contribution in [0.3, 0.4) is 0 Å². The molecule has 214 valence electrons. The van der Waals surface area contributed by atoms with Gasteiger partial charge in [0.05, 0.1) is 25.3 Å². The van der Waals surface area contributed by atoms with Crippen LogP contribution >= 0.6 is 0 Å². The van der Waals surface area contributed by atoms with E-state index in [0.717, 1.165) is 55.9 Å². The first kappa shape index (κ1) is 29.6. The highest BCUT2D eigenvalue weighted by Gasteiger charge is 2.42. The third-order valence-corrected chi connectivity index (χ3v) is 8.73. The molecule has 6 heteroatoms. The number of likely N-dealkylation sites (tertiary alicyclic amines) is 1. The minimum atomic E-state index is -0.311. The summed E-state index contributed by atoms with van der Waals surface area (Å²) in [5.74, 6) is 1.91. The van der Waals surface area contributed by atoms with Gasteiger partial charge in [0.2, 0.25) is 5.91 Å². The van der Waals surface area contributed by atoms with Gasteiger partial charge in [0.15, 0.2) is 0 Å². The molecule has 1 amide bonds. The number of carbonyl (C=O) groups is 1. The van der Waals surface area contributed by atoms with Crippen LogP contribution in [0.15, 0.2) is 60.3 Å². The Kier molecular flexibility index (Phi) is 9.52. The summed E-state index contributed by atoms with van der Waals surface area (Å²) in [6, 6.07) is 14.6. The molecular weight excluding hydrogens is 498 g/mol. The van der Waals surface area contributed by atoms with E-state index in [1.54, 1.807) is 21.1 Å². The Hall–Kier alpha value is -3.38. The maximum atomic E-state index is 13.0. The van der Waals surface area contributed by atoms with Crippen LogP contribution in [-0.2, 0) is 17.8 Å². The maximum Gasteiger partial charge on any atom is 0.220 e. The average Bonchev–Trinajstić information content (AvgIpc) is 2.97. The van der Waals surface area contributed by atoms with Crippen molar-refractivity contribution >= 4 is 16.8 Å². The second-order valence-corrected chi connectivity index (χ2v) is 11.0. The lowest BCUT2D eigenvalue weighted by Crippen LogP contribution is -2.57. The predicted octanol–water partition coefficient (Wildman–Crippen LogP) is 6.77. The fourth-order valence-electron chi connectivity index (χ4n) is 6.69. The summed E-state index contributed by atoms with van der Waals surface area (Å²) in [7, 11) is 3.41. The predicted molar refractivity (Wildman–Crippen MR) is 163 cm³/mol. The van der Waals surface area contributed by atoms with Crippen molar-refractivity contribution in [3.8, 4) is 11.5 Å². The van der Waals surface area contributed by atoms with E-state index in [-0.39, 0.29) is 17.4 Å². The monoisotopic (exact) mass is 543 g/mol. The average molecular weight is 544 g/mol. The van der Waals surface area contributed by atoms with Gasteiger partial charge >= 0.3 is 0 Å². The maximum absolute atomic E-state index is 13.0. The first-order valence-corrected chi connectivity index (χ1v) is 14.5. The molecule has 2 aromatic carbocycles. The third kappa shape index (κ3) is 5.87. The highest BCUT2D eigenvalue weighted by atomic mass is 16.5. The van der Waals surface area contributed by atoms with Gasteiger partial charge in [-0.3, -0.25) is 14.7 Å². The van der Waals surface area contributed by atoms with Crippen molar-refractivity contribution in [1.82, 2.24) is 14.8 Å². The van der Waals surface area contributed by atoms with Gasteiger partial charge in [0, 0.05) is 62.2 Å². The van der Waals surface area contributed by atoms with Gasteiger partial charge in [-0.05, 0) is 56.4 Å². The van der Waals surface area contributed by atoms with E-state index >= 15 is 0 Å². The van der Waals surface area contributed by atoms with Crippen molar-refractivity contribution in [1.29, 1.82) is 0 Å². The quantitative estimate of drug-likeness (QED) is 0.264. The Morgan fingerprint density at radius 1 is 1.07 bits per heavy atom. The number of carbonyl (C=O) groups excluding carboxylic acids is 1. The van der Waals surface area contributed by atoms with E-state index in [1.807, 2.05) is 18.3 Å². The Balaban J connectivity index is 1.64. The molecule has 3 aromatic rings. The molecule has 0 radical (unpaired) electrons. The number of hydrogen-bond acceptors (Lipinski definition) is 5. The summed E-state index contributed by atoms with van der Waals surface area (Å²) in [4.78, 5) is 22.2. The Morgan fingerprint density at radius 2 is 1.80 bits per heavy atom. The van der Waals surface area contributed by atoms with Crippen molar-refractivity contribution < 1.29 is 14.3 Å². The number of methoxy groups -OCH3 is 2. The Labute approximate surface area is 240 Å². The van der Waals surface area contributed by atoms with Crippen LogP contribution in [0.2, 0.25) is 0 Å². The van der Waals surface area contributed by atoms with Gasteiger partial charge in [0.1, 0.15) is 11.5 Å². The van der Waals surface area contributed by atoms with Crippen LogP contribution in [-0.4, -0.2) is 60.1 Å². The summed E-state index contributed by atoms with van der Waals surface area (Å²) in [5.41, 5.74) is 5.68. The number of benzene rings is 2. The first-order chi connectivity index (χ1) is 19.3. The highest BCUT2D eigenvalue weighted by Crippen LogP contribution is 2.41. The van der Waals surface area contributed by atoms with Gasteiger partial charge in [-0.25, -0.2) is 0 Å². The number of pyridine rings is 1. The van der Waals surface area contributed by atoms with E-state index < -0.39 is 0 Å². The van der Waals surface area contributed by atoms with Crippen LogP contribution in [0.25, 0.3) is 10.9 Å². The summed E-state index contributed by atoms with van der Waals surface area (Å²) in [5, 5.41) is 1.17. The lowest BCUT2D eigenvalue weighted by Gasteiger charge is -2.49. The van der Waals surface area contributed by atoms with Gasteiger partial charge in [-0.2, -0.15) is 0 Å². The van der Waals surface area contributed by atoms with Gasteiger partial charge < -0.3 is 14.4 Å². The highest BCUT2D eigenvalue weighted by molar-refractivity contribution is 5.81. The molecule has 0 N–H and O–H groups in total. The van der Waals surface area contributed by atoms with E-state index in [1.165, 1.54) is 27.6 Å². The molecule has 6 nitrogen and oxygen atoms in total. The minimum Gasteiger partial charge on any atom is -0.497 e. The van der Waals surface area contributed by atoms with Crippen molar-refractivity contribution in [2.75, 3.05) is 33.9 Å². The smallest absolute Gasteiger partial charge is 0.220 e. The molecule has 2 heterocycles. The van der Waals surface area contributed by atoms with Crippen LogP contribution < -0.4 is 9.47 Å². The van der Waals surface area contributed by atoms with Crippen molar-refractivity contribution in [3.63, 3.8) is 0 Å². The number of ether oxygens (including phenoxy) is 2. The number of nitrogens with zero attached hydrogens (tertiary/aromatic N) is 3. The van der Waals surface area contributed by atoms with E-state index in [4.69, 9.17) is 9.47 Å². The van der Waals surface area contributed by atoms with Gasteiger partial charge in [-0.1, -0.05) is 49.8 Å². The number of aromatic nitrogens is 1. The molecule has 1 aliphatic rings. The number of rotatable bonds is 10. The number of piperidine rings is 1. The van der Waals surface area contributed by atoms with Crippen molar-refractivity contribution in [2.45, 2.75) is 71.9 Å². The molecule has 0 saturated carbocycles. The molecule has 1 atom stereocenters. The molecular formula is C34H45N3O3. The Morgan fingerprint density at radius 3 is 2.42 bits per heavy atom. The second-order valence-electron chi connectivity index (χ2n) is 11.0. The summed E-state index contributed by atoms with van der Waals surface area (Å²) < 4.78 is 11.4. The minimum absolute atomic E-state index is 0.123. The molecule has 1 saturated heterocycles. The standard InChI is InChI=1S/C34H45N3O3/c1-8-27-21-30(39-6)22-31(40-7)32(27)24(3)20-25(4)34(37(9-2)26(5)38)15-18-36(19-16-34)23-29-13-10-12-28-14-11-17-35-33(28)29/h10-14,17,20-22,24H,8-9,15-16,18-19,23H2,1-7H3/b25-20+. The second kappa shape index (κ2) is 12.9. The van der Waals surface area contributed by atoms with Crippen molar-refractivity contribution in [3.05, 3.63) is 77.0 Å². The zero-order valence-electron chi connectivity index (χ0n) is 25.3. The lowest BCUT2D eigenvalue weighted by atomic mass is 9.77. The molecule has 0 aliphatic carbocycles. The zero-order valence-corrected chi connectivity index (χ0v) is 25.3. The lowest BCUT2D eigenvalue weighted by molar-refractivity contribution is -0.135. The molecule has 4 rings (SSSR count). The number of allylic oxidation sites excluding steroid dienone is 1. The first-order valence-electron chi connectivity index (χ1n) is 14.5. The number of likely N-dealkylation sites (N-methyl/N-ethyl adjacent to an activating group) is 1. The summed E-state index contributed by atoms with van der Waals surface area (Å²) >= 11 is 0. The molecule has 40 heavy (non-hydrogen) atoms. The van der Waals surface area contributed by atoms with E-state index in [2.05, 4.69) is 78.9 Å². The third-order valence-electron chi connectivity index (χ3n) is 8.73. The molecule has 0 spiro atoms. The van der Waals surface area contributed by atoms with E-state index in [0.29, 0.717) is 6.54 Å². The molecule has 1 aliphatic heterocycles. The van der Waals surface area contributed by atoms with Gasteiger partial charge in [0.25, 0.3) is 0 Å². The zero-order chi connectivity index (χ0) is 28.9. The fraction of sp³-hybridized carbons (Fsp3) is 0.471. The molecule has 0 bridgehead atoms. The number of fused-ring (bicyclic) bond motifs is 1. The largest absolute Gasteiger partial charge is 0.497 e. The SMILES string of the molecule is CCc1cc(OC)cc(OC)c1C(C)/C=C(\C)C1(N(CC)C(C)=O)CCN(Cc2cccc3cccnc23)CC1. The van der Waals surface area contributed by atoms with Crippen LogP contribution in [0.4, 0.5) is 0 Å². The summed E-state index contributed by atoms with van der Waals surface area (Å²) in [6.45, 7) is 13.8. The van der Waals surface area contributed by atoms with Crippen LogP contribution in [0.5, 0.6) is 11.5 Å². The normalized spacial score (nSPS) is 16.5. The van der Waals surface area contributed by atoms with Gasteiger partial charge in [-0.15, -0.1) is 0 Å². The van der Waals surface area contributed by atoms with Crippen LogP contribution in [0.1, 0.15) is 70.1 Å². The Bertz CT molecular complexity index is 1330.